The molecule has 6 saturated heterocycles. The topological polar surface area (TPSA) is 27.3 Å². The first-order chi connectivity index (χ1) is 12.5. The van der Waals surface area contributed by atoms with E-state index in [1.54, 1.807) is 0 Å². The van der Waals surface area contributed by atoms with E-state index in [2.05, 4.69) is 22.5 Å². The summed E-state index contributed by atoms with van der Waals surface area (Å²) in [6.45, 7) is 6.56. The van der Waals surface area contributed by atoms with E-state index in [-0.39, 0.29) is 0 Å². The Morgan fingerprint density at radius 3 is 2.62 bits per heavy atom. The standard InChI is InChI=1S/C23H39N3/c1-21-6-4-20(25-21)10-18(11-21)12-23-13-19(14-23)15-26(23)16-22-7-2-17(3-8-22)5-9-24-22/h17-20,24-25H,2-16H2,1H3. The molecule has 6 heterocycles. The molecule has 6 bridgehead atoms. The molecule has 0 amide bonds. The summed E-state index contributed by atoms with van der Waals surface area (Å²) in [5.74, 6) is 3.04. The number of hydrogen-bond acceptors (Lipinski definition) is 3. The molecule has 8 rings (SSSR count). The molecule has 2 saturated carbocycles. The summed E-state index contributed by atoms with van der Waals surface area (Å²) in [6.07, 6.45) is 17.6. The number of rotatable bonds is 4. The molecule has 3 unspecified atom stereocenters. The molecular weight excluding hydrogens is 318 g/mol. The Bertz CT molecular complexity index is 554. The van der Waals surface area contributed by atoms with Crippen LogP contribution in [0.15, 0.2) is 0 Å². The second-order valence-electron chi connectivity index (χ2n) is 11.8. The van der Waals surface area contributed by atoms with E-state index in [4.69, 9.17) is 0 Å². The van der Waals surface area contributed by atoms with Crippen molar-refractivity contribution in [3.05, 3.63) is 0 Å². The van der Waals surface area contributed by atoms with Crippen molar-refractivity contribution < 1.29 is 0 Å². The Morgan fingerprint density at radius 2 is 1.81 bits per heavy atom. The van der Waals surface area contributed by atoms with Gasteiger partial charge in [-0.05, 0) is 108 Å². The normalized spacial score (nSPS) is 55.7. The van der Waals surface area contributed by atoms with E-state index in [0.717, 1.165) is 23.8 Å². The zero-order valence-corrected chi connectivity index (χ0v) is 16.9. The monoisotopic (exact) mass is 357 g/mol. The Balaban J connectivity index is 1.17. The molecule has 2 N–H and O–H groups in total. The lowest BCUT2D eigenvalue weighted by molar-refractivity contribution is 0.0326. The van der Waals surface area contributed by atoms with E-state index in [9.17, 15) is 0 Å². The largest absolute Gasteiger partial charge is 0.310 e. The van der Waals surface area contributed by atoms with Crippen LogP contribution in [0.25, 0.3) is 0 Å². The predicted molar refractivity (Wildman–Crippen MR) is 106 cm³/mol. The highest BCUT2D eigenvalue weighted by Crippen LogP contribution is 2.56. The van der Waals surface area contributed by atoms with Gasteiger partial charge < -0.3 is 10.6 Å². The molecule has 0 aromatic rings. The Labute approximate surface area is 160 Å². The van der Waals surface area contributed by atoms with Gasteiger partial charge >= 0.3 is 0 Å². The first-order valence-corrected chi connectivity index (χ1v) is 11.8. The predicted octanol–water partition coefficient (Wildman–Crippen LogP) is 3.68. The fourth-order valence-electron chi connectivity index (χ4n) is 8.54. The van der Waals surface area contributed by atoms with E-state index in [0.29, 0.717) is 16.6 Å². The zero-order chi connectivity index (χ0) is 17.4. The van der Waals surface area contributed by atoms with E-state index >= 15 is 0 Å². The molecule has 3 nitrogen and oxygen atoms in total. The minimum atomic E-state index is 0.469. The molecule has 8 aliphatic rings. The zero-order valence-electron chi connectivity index (χ0n) is 16.9. The molecule has 0 spiro atoms. The van der Waals surface area contributed by atoms with Crippen molar-refractivity contribution >= 4 is 0 Å². The quantitative estimate of drug-likeness (QED) is 0.804. The van der Waals surface area contributed by atoms with Crippen LogP contribution in [0, 0.1) is 17.8 Å². The van der Waals surface area contributed by atoms with Crippen LogP contribution < -0.4 is 10.6 Å². The number of hydrogen-bond donors (Lipinski definition) is 2. The molecule has 3 atom stereocenters. The van der Waals surface area contributed by atoms with Crippen molar-refractivity contribution in [3.63, 3.8) is 0 Å². The van der Waals surface area contributed by atoms with E-state index < -0.39 is 0 Å². The third-order valence-corrected chi connectivity index (χ3v) is 9.72. The van der Waals surface area contributed by atoms with Crippen molar-refractivity contribution in [2.24, 2.45) is 17.8 Å². The highest BCUT2D eigenvalue weighted by Gasteiger charge is 2.58. The second-order valence-corrected chi connectivity index (χ2v) is 11.8. The van der Waals surface area contributed by atoms with Gasteiger partial charge in [0.1, 0.15) is 0 Å². The average molecular weight is 358 g/mol. The van der Waals surface area contributed by atoms with Crippen LogP contribution in [-0.4, -0.2) is 47.2 Å². The van der Waals surface area contributed by atoms with Crippen LogP contribution in [0.2, 0.25) is 0 Å². The molecule has 8 fully saturated rings. The highest BCUT2D eigenvalue weighted by molar-refractivity contribution is 5.15. The fourth-order valence-corrected chi connectivity index (χ4v) is 8.54. The highest BCUT2D eigenvalue weighted by atomic mass is 15.3. The van der Waals surface area contributed by atoms with E-state index in [1.807, 2.05) is 0 Å². The van der Waals surface area contributed by atoms with Crippen molar-refractivity contribution in [2.45, 2.75) is 107 Å². The maximum atomic E-state index is 4.05. The van der Waals surface area contributed by atoms with Gasteiger partial charge in [-0.2, -0.15) is 0 Å². The van der Waals surface area contributed by atoms with Gasteiger partial charge in [-0.25, -0.2) is 0 Å². The summed E-state index contributed by atoms with van der Waals surface area (Å²) in [4.78, 5) is 3.02. The maximum absolute atomic E-state index is 4.05. The number of nitrogens with one attached hydrogen (secondary N) is 2. The summed E-state index contributed by atoms with van der Waals surface area (Å²) in [5, 5.41) is 7.98. The summed E-state index contributed by atoms with van der Waals surface area (Å²) < 4.78 is 0. The smallest absolute Gasteiger partial charge is 0.0309 e. The van der Waals surface area contributed by atoms with Gasteiger partial charge in [-0.3, -0.25) is 4.90 Å². The van der Waals surface area contributed by atoms with E-state index in [1.165, 1.54) is 96.7 Å². The number of nitrogens with zero attached hydrogens (tertiary/aromatic N) is 1. The van der Waals surface area contributed by atoms with Crippen LogP contribution in [0.3, 0.4) is 0 Å². The van der Waals surface area contributed by atoms with Crippen LogP contribution in [0.1, 0.15) is 84.0 Å². The first-order valence-electron chi connectivity index (χ1n) is 11.8. The van der Waals surface area contributed by atoms with Gasteiger partial charge in [-0.15, -0.1) is 0 Å². The van der Waals surface area contributed by atoms with Crippen LogP contribution in [-0.2, 0) is 0 Å². The third kappa shape index (κ3) is 2.63. The Morgan fingerprint density at radius 1 is 0.962 bits per heavy atom. The maximum Gasteiger partial charge on any atom is 0.0309 e. The first kappa shape index (κ1) is 16.8. The van der Waals surface area contributed by atoms with Crippen LogP contribution >= 0.6 is 0 Å². The van der Waals surface area contributed by atoms with Crippen LogP contribution in [0.5, 0.6) is 0 Å². The van der Waals surface area contributed by atoms with Gasteiger partial charge in [0.15, 0.2) is 0 Å². The third-order valence-electron chi connectivity index (χ3n) is 9.72. The van der Waals surface area contributed by atoms with Crippen molar-refractivity contribution in [2.75, 3.05) is 19.6 Å². The molecule has 146 valence electrons. The lowest BCUT2D eigenvalue weighted by Gasteiger charge is -2.50. The number of fused-ring (bicyclic) bond motifs is 7. The van der Waals surface area contributed by atoms with Crippen LogP contribution in [0.4, 0.5) is 0 Å². The van der Waals surface area contributed by atoms with Gasteiger partial charge in [0.2, 0.25) is 0 Å². The Hall–Kier alpha value is -0.120. The molecule has 0 radical (unpaired) electrons. The molecule has 2 aliphatic carbocycles. The summed E-state index contributed by atoms with van der Waals surface area (Å²) >= 11 is 0. The summed E-state index contributed by atoms with van der Waals surface area (Å²) in [7, 11) is 0. The van der Waals surface area contributed by atoms with Crippen molar-refractivity contribution in [1.82, 2.24) is 15.5 Å². The summed E-state index contributed by atoms with van der Waals surface area (Å²) in [6, 6.07) is 0.832. The minimum absolute atomic E-state index is 0.469. The average Bonchev–Trinajstić information content (AvgIpc) is 3.04. The Kier molecular flexibility index (Phi) is 3.68. The van der Waals surface area contributed by atoms with Gasteiger partial charge in [0.05, 0.1) is 0 Å². The minimum Gasteiger partial charge on any atom is -0.310 e. The van der Waals surface area contributed by atoms with Gasteiger partial charge in [0.25, 0.3) is 0 Å². The van der Waals surface area contributed by atoms with Crippen molar-refractivity contribution in [1.29, 1.82) is 0 Å². The molecule has 0 aromatic heterocycles. The van der Waals surface area contributed by atoms with Gasteiger partial charge in [-0.1, -0.05) is 0 Å². The summed E-state index contributed by atoms with van der Waals surface area (Å²) in [5.41, 5.74) is 1.54. The lowest BCUT2D eigenvalue weighted by atomic mass is 9.66. The lowest BCUT2D eigenvalue weighted by Crippen LogP contribution is -2.58. The molecule has 26 heavy (non-hydrogen) atoms. The SMILES string of the molecule is CC12CCC(CC(CC34CC(CN3CC35CCC(CCN3)CC5)C4)C1)N2. The fraction of sp³-hybridized carbons (Fsp3) is 1.00. The molecule has 3 heteroatoms. The van der Waals surface area contributed by atoms with Gasteiger partial charge in [0, 0.05) is 35.7 Å². The van der Waals surface area contributed by atoms with Crippen molar-refractivity contribution in [3.8, 4) is 0 Å². The number of piperidine rings is 1. The molecule has 0 aromatic carbocycles. The molecule has 6 aliphatic heterocycles. The second kappa shape index (κ2) is 5.70. The molecular formula is C23H39N3.